The minimum atomic E-state index is -1.01. The Kier molecular flexibility index (Phi) is 10.2. The molecule has 11 heteroatoms. The first-order valence-corrected chi connectivity index (χ1v) is 11.6. The lowest BCUT2D eigenvalue weighted by Gasteiger charge is -2.19. The first-order chi connectivity index (χ1) is 15.5. The molecule has 8 nitrogen and oxygen atoms in total. The van der Waals surface area contributed by atoms with Gasteiger partial charge in [0.25, 0.3) is 5.91 Å². The number of carbonyl (C=O) groups is 4. The van der Waals surface area contributed by atoms with Crippen molar-refractivity contribution >= 4 is 53.9 Å². The molecule has 0 aliphatic carbocycles. The predicted octanol–water partition coefficient (Wildman–Crippen LogP) is 3.44. The molecule has 0 saturated carbocycles. The van der Waals surface area contributed by atoms with Crippen LogP contribution >= 0.6 is 23.2 Å². The summed E-state index contributed by atoms with van der Waals surface area (Å²) in [5.41, 5.74) is 0.172. The molecule has 180 valence electrons. The third-order valence-electron chi connectivity index (χ3n) is 4.88. The Bertz CT molecular complexity index is 896. The van der Waals surface area contributed by atoms with Crippen LogP contribution in [0.3, 0.4) is 0 Å². The van der Waals surface area contributed by atoms with E-state index in [2.05, 4.69) is 10.6 Å². The van der Waals surface area contributed by atoms with E-state index in [9.17, 15) is 19.2 Å². The molecular weight excluding hydrogens is 470 g/mol. The third-order valence-corrected chi connectivity index (χ3v) is 5.45. The molecule has 1 aromatic rings. The zero-order valence-corrected chi connectivity index (χ0v) is 20.7. The van der Waals surface area contributed by atoms with Crippen LogP contribution in [0.15, 0.2) is 18.2 Å². The molecule has 1 saturated heterocycles. The van der Waals surface area contributed by atoms with Gasteiger partial charge in [-0.2, -0.15) is 0 Å². The van der Waals surface area contributed by atoms with E-state index in [1.165, 1.54) is 12.1 Å². The summed E-state index contributed by atoms with van der Waals surface area (Å²) < 4.78 is 11.1. The Morgan fingerprint density at radius 2 is 1.85 bits per heavy atom. The molecule has 2 atom stereocenters. The second-order valence-corrected chi connectivity index (χ2v) is 9.64. The average Bonchev–Trinajstić information content (AvgIpc) is 3.06. The molecule has 0 spiro atoms. The molecule has 0 radical (unpaired) electrons. The molecule has 1 heterocycles. The van der Waals surface area contributed by atoms with Crippen LogP contribution in [0.5, 0.6) is 0 Å². The highest BCUT2D eigenvalue weighted by Crippen LogP contribution is 2.31. The Hall–Kier alpha value is -2.10. The average molecular weight is 499 g/mol. The highest BCUT2D eigenvalue weighted by molar-refractivity contribution is 6.51. The van der Waals surface area contributed by atoms with E-state index in [0.717, 1.165) is 0 Å². The maximum Gasteiger partial charge on any atom is 0.531 e. The van der Waals surface area contributed by atoms with Crippen molar-refractivity contribution in [3.8, 4) is 0 Å². The zero-order valence-electron chi connectivity index (χ0n) is 19.2. The van der Waals surface area contributed by atoms with Crippen molar-refractivity contribution in [3.05, 3.63) is 33.8 Å². The molecule has 2 amide bonds. The van der Waals surface area contributed by atoms with Crippen LogP contribution in [0, 0.1) is 5.92 Å². The first kappa shape index (κ1) is 27.2. The highest BCUT2D eigenvalue weighted by Gasteiger charge is 2.46. The van der Waals surface area contributed by atoms with Gasteiger partial charge in [0.05, 0.1) is 23.6 Å². The summed E-state index contributed by atoms with van der Waals surface area (Å²) >= 11 is 11.9. The summed E-state index contributed by atoms with van der Waals surface area (Å²) in [6.45, 7) is 7.36. The van der Waals surface area contributed by atoms with Gasteiger partial charge in [0.1, 0.15) is 6.10 Å². The summed E-state index contributed by atoms with van der Waals surface area (Å²) in [6.07, 6.45) is -0.567. The summed E-state index contributed by atoms with van der Waals surface area (Å²) in [5.74, 6) is -1.92. The normalized spacial score (nSPS) is 16.7. The van der Waals surface area contributed by atoms with Crippen LogP contribution in [0.25, 0.3) is 0 Å². The minimum absolute atomic E-state index is 0.0323. The van der Waals surface area contributed by atoms with E-state index in [0.29, 0.717) is 11.4 Å². The van der Waals surface area contributed by atoms with E-state index in [1.54, 1.807) is 6.07 Å². The number of hydrogen-bond donors (Lipinski definition) is 2. The van der Waals surface area contributed by atoms with Crippen molar-refractivity contribution in [2.24, 2.45) is 5.92 Å². The van der Waals surface area contributed by atoms with Crippen molar-refractivity contribution in [1.82, 2.24) is 10.6 Å². The van der Waals surface area contributed by atoms with Crippen LogP contribution in [0.2, 0.25) is 15.9 Å². The fourth-order valence-corrected chi connectivity index (χ4v) is 3.91. The molecule has 1 fully saturated rings. The number of carbonyl (C=O) groups excluding carboxylic acids is 4. The number of benzene rings is 1. The van der Waals surface area contributed by atoms with Gasteiger partial charge in [-0.15, -0.1) is 0 Å². The molecule has 1 aliphatic heterocycles. The van der Waals surface area contributed by atoms with Gasteiger partial charge in [-0.1, -0.05) is 37.0 Å². The lowest BCUT2D eigenvalue weighted by Crippen LogP contribution is -2.35. The van der Waals surface area contributed by atoms with E-state index < -0.39 is 30.9 Å². The standard InChI is InChI=1S/C22H29BCl2N2O6/c1-12(2)7-14(23-32-19(22(31)33-23)10-20(29)27-13(3)4)8-16(28)11-26-21(30)17-9-15(24)5-6-18(17)25/h5-6,9,12-14,19H,7-8,10-11H2,1-4H3,(H,26,30)(H,27,29)/t14-,19-/m1/s1. The van der Waals surface area contributed by atoms with Crippen LogP contribution < -0.4 is 10.6 Å². The maximum absolute atomic E-state index is 12.6. The largest absolute Gasteiger partial charge is 0.531 e. The Balaban J connectivity index is 1.96. The topological polar surface area (TPSA) is 111 Å². The highest BCUT2D eigenvalue weighted by atomic mass is 35.5. The number of amides is 2. The van der Waals surface area contributed by atoms with Crippen LogP contribution in [0.4, 0.5) is 0 Å². The summed E-state index contributed by atoms with van der Waals surface area (Å²) in [5, 5.41) is 5.83. The Morgan fingerprint density at radius 3 is 2.48 bits per heavy atom. The van der Waals surface area contributed by atoms with Crippen molar-refractivity contribution in [1.29, 1.82) is 0 Å². The lowest BCUT2D eigenvalue weighted by molar-refractivity contribution is -0.139. The number of rotatable bonds is 11. The van der Waals surface area contributed by atoms with E-state index in [1.807, 2.05) is 27.7 Å². The summed E-state index contributed by atoms with van der Waals surface area (Å²) in [6, 6.07) is 4.43. The first-order valence-electron chi connectivity index (χ1n) is 10.9. The van der Waals surface area contributed by atoms with Crippen molar-refractivity contribution in [2.75, 3.05) is 6.54 Å². The Labute approximate surface area is 204 Å². The van der Waals surface area contributed by atoms with Gasteiger partial charge >= 0.3 is 13.1 Å². The molecule has 0 aromatic heterocycles. The number of hydrogen-bond acceptors (Lipinski definition) is 6. The minimum Gasteiger partial charge on any atom is -0.507 e. The lowest BCUT2D eigenvalue weighted by atomic mass is 9.66. The van der Waals surface area contributed by atoms with E-state index >= 15 is 0 Å². The smallest absolute Gasteiger partial charge is 0.507 e. The van der Waals surface area contributed by atoms with Gasteiger partial charge in [0.2, 0.25) is 5.91 Å². The number of nitrogens with one attached hydrogen (secondary N) is 2. The summed E-state index contributed by atoms with van der Waals surface area (Å²) in [4.78, 5) is 49.2. The number of ketones is 1. The number of halogens is 2. The molecule has 0 bridgehead atoms. The fraction of sp³-hybridized carbons (Fsp3) is 0.545. The van der Waals surface area contributed by atoms with Crippen molar-refractivity contribution < 1.29 is 28.5 Å². The molecule has 1 aliphatic rings. The third kappa shape index (κ3) is 8.64. The van der Waals surface area contributed by atoms with Gasteiger partial charge in [0, 0.05) is 23.3 Å². The van der Waals surface area contributed by atoms with Gasteiger partial charge in [-0.3, -0.25) is 19.2 Å². The second-order valence-electron chi connectivity index (χ2n) is 8.80. The number of Topliss-reactive ketones (excluding diaryl/α,β-unsaturated/α-hetero) is 1. The van der Waals surface area contributed by atoms with E-state index in [4.69, 9.17) is 32.5 Å². The van der Waals surface area contributed by atoms with Crippen LogP contribution in [0.1, 0.15) is 57.3 Å². The molecule has 0 unspecified atom stereocenters. The van der Waals surface area contributed by atoms with Gasteiger partial charge in [0.15, 0.2) is 5.78 Å². The zero-order chi connectivity index (χ0) is 24.7. The fourth-order valence-electron chi connectivity index (χ4n) is 3.53. The SMILES string of the molecule is CC(C)C[C@H](CC(=O)CNC(=O)c1cc(Cl)ccc1Cl)B1OC(=O)[C@@H](CC(=O)NC(C)C)O1. The summed E-state index contributed by atoms with van der Waals surface area (Å²) in [7, 11) is -0.932. The molecule has 2 rings (SSSR count). The monoisotopic (exact) mass is 498 g/mol. The molecule has 1 aromatic carbocycles. The second kappa shape index (κ2) is 12.4. The molecule has 33 heavy (non-hydrogen) atoms. The molecule has 2 N–H and O–H groups in total. The van der Waals surface area contributed by atoms with Gasteiger partial charge in [-0.05, 0) is 44.4 Å². The maximum atomic E-state index is 12.6. The predicted molar refractivity (Wildman–Crippen MR) is 126 cm³/mol. The van der Waals surface area contributed by atoms with Crippen LogP contribution in [-0.2, 0) is 23.7 Å². The van der Waals surface area contributed by atoms with E-state index in [-0.39, 0.29) is 53.6 Å². The van der Waals surface area contributed by atoms with Crippen LogP contribution in [-0.4, -0.2) is 49.4 Å². The molecular formula is C22H29BCl2N2O6. The Morgan fingerprint density at radius 1 is 1.15 bits per heavy atom. The quantitative estimate of drug-likeness (QED) is 0.452. The van der Waals surface area contributed by atoms with Gasteiger partial charge < -0.3 is 19.9 Å². The van der Waals surface area contributed by atoms with Crippen molar-refractivity contribution in [2.45, 2.75) is 64.9 Å². The van der Waals surface area contributed by atoms with Crippen molar-refractivity contribution in [3.63, 3.8) is 0 Å². The van der Waals surface area contributed by atoms with Gasteiger partial charge in [-0.25, -0.2) is 0 Å².